The van der Waals surface area contributed by atoms with Crippen molar-refractivity contribution >= 4 is 28.9 Å². The summed E-state index contributed by atoms with van der Waals surface area (Å²) in [6.07, 6.45) is 0. The zero-order valence-electron chi connectivity index (χ0n) is 11.7. The molecule has 0 aliphatic rings. The van der Waals surface area contributed by atoms with Crippen molar-refractivity contribution in [2.45, 2.75) is 26.7 Å². The first-order chi connectivity index (χ1) is 9.38. The van der Waals surface area contributed by atoms with E-state index in [0.717, 1.165) is 16.9 Å². The molecule has 2 aromatic rings. The summed E-state index contributed by atoms with van der Waals surface area (Å²) in [4.78, 5) is 0. The number of rotatable bonds is 3. The standard InChI is InChI=1S/C16H17Cl2NO/c1-9(2)12-5-4-10(3)6-15(12)20-16-13(17)7-11(19)8-14(16)18/h4-9H,19H2,1-3H3. The molecule has 0 spiro atoms. The van der Waals surface area contributed by atoms with E-state index in [0.29, 0.717) is 27.4 Å². The summed E-state index contributed by atoms with van der Waals surface area (Å²) in [5, 5.41) is 0.817. The van der Waals surface area contributed by atoms with Gasteiger partial charge in [0, 0.05) is 5.69 Å². The van der Waals surface area contributed by atoms with Crippen molar-refractivity contribution in [3.05, 3.63) is 51.5 Å². The molecule has 0 saturated carbocycles. The maximum Gasteiger partial charge on any atom is 0.164 e. The van der Waals surface area contributed by atoms with Crippen molar-refractivity contribution in [3.8, 4) is 11.5 Å². The summed E-state index contributed by atoms with van der Waals surface area (Å²) in [6, 6.07) is 9.38. The van der Waals surface area contributed by atoms with Crippen molar-refractivity contribution < 1.29 is 4.74 Å². The van der Waals surface area contributed by atoms with Crippen molar-refractivity contribution in [1.82, 2.24) is 0 Å². The third-order valence-corrected chi connectivity index (χ3v) is 3.59. The summed E-state index contributed by atoms with van der Waals surface area (Å²) in [5.74, 6) is 1.56. The smallest absolute Gasteiger partial charge is 0.164 e. The lowest BCUT2D eigenvalue weighted by Crippen LogP contribution is -1.96. The van der Waals surface area contributed by atoms with E-state index in [1.807, 2.05) is 13.0 Å². The average molecular weight is 310 g/mol. The van der Waals surface area contributed by atoms with Gasteiger partial charge >= 0.3 is 0 Å². The molecular formula is C16H17Cl2NO. The Hall–Kier alpha value is -1.38. The third kappa shape index (κ3) is 3.20. The number of aryl methyl sites for hydroxylation is 1. The van der Waals surface area contributed by atoms with Crippen LogP contribution in [-0.4, -0.2) is 0 Å². The van der Waals surface area contributed by atoms with E-state index in [4.69, 9.17) is 33.7 Å². The maximum atomic E-state index is 6.17. The van der Waals surface area contributed by atoms with Gasteiger partial charge in [-0.1, -0.05) is 49.2 Å². The molecule has 0 fully saturated rings. The Morgan fingerprint density at radius 1 is 1.05 bits per heavy atom. The minimum absolute atomic E-state index is 0.344. The molecular weight excluding hydrogens is 293 g/mol. The fraction of sp³-hybridized carbons (Fsp3) is 0.250. The summed E-state index contributed by atoms with van der Waals surface area (Å²) >= 11 is 12.3. The van der Waals surface area contributed by atoms with Gasteiger partial charge in [-0.15, -0.1) is 0 Å². The van der Waals surface area contributed by atoms with Crippen LogP contribution in [0.25, 0.3) is 0 Å². The summed E-state index contributed by atoms with van der Waals surface area (Å²) in [6.45, 7) is 6.25. The van der Waals surface area contributed by atoms with Gasteiger partial charge in [-0.05, 0) is 42.2 Å². The van der Waals surface area contributed by atoms with Crippen LogP contribution in [0.15, 0.2) is 30.3 Å². The number of anilines is 1. The Morgan fingerprint density at radius 3 is 2.20 bits per heavy atom. The van der Waals surface area contributed by atoms with Crippen molar-refractivity contribution in [2.75, 3.05) is 5.73 Å². The van der Waals surface area contributed by atoms with E-state index < -0.39 is 0 Å². The fourth-order valence-electron chi connectivity index (χ4n) is 1.99. The summed E-state index contributed by atoms with van der Waals surface area (Å²) < 4.78 is 5.95. The number of nitrogen functional groups attached to an aromatic ring is 1. The molecule has 0 atom stereocenters. The first-order valence-corrected chi connectivity index (χ1v) is 7.17. The quantitative estimate of drug-likeness (QED) is 0.727. The molecule has 4 heteroatoms. The highest BCUT2D eigenvalue weighted by Crippen LogP contribution is 2.40. The van der Waals surface area contributed by atoms with Gasteiger partial charge in [0.05, 0.1) is 10.0 Å². The van der Waals surface area contributed by atoms with Gasteiger partial charge in [0.2, 0.25) is 0 Å². The number of benzene rings is 2. The predicted octanol–water partition coefficient (Wildman–Crippen LogP) is 5.80. The van der Waals surface area contributed by atoms with Crippen LogP contribution in [0, 0.1) is 6.92 Å². The van der Waals surface area contributed by atoms with Crippen LogP contribution < -0.4 is 10.5 Å². The molecule has 0 aromatic heterocycles. The van der Waals surface area contributed by atoms with Crippen LogP contribution in [0.4, 0.5) is 5.69 Å². The maximum absolute atomic E-state index is 6.17. The second-order valence-electron chi connectivity index (χ2n) is 5.11. The van der Waals surface area contributed by atoms with Crippen LogP contribution in [-0.2, 0) is 0 Å². The van der Waals surface area contributed by atoms with Gasteiger partial charge in [0.1, 0.15) is 5.75 Å². The number of halogens is 2. The van der Waals surface area contributed by atoms with Crippen LogP contribution >= 0.6 is 23.2 Å². The zero-order valence-corrected chi connectivity index (χ0v) is 13.2. The first-order valence-electron chi connectivity index (χ1n) is 6.41. The van der Waals surface area contributed by atoms with E-state index in [2.05, 4.69) is 26.0 Å². The largest absolute Gasteiger partial charge is 0.454 e. The molecule has 2 rings (SSSR count). The lowest BCUT2D eigenvalue weighted by atomic mass is 10.0. The van der Waals surface area contributed by atoms with E-state index in [1.165, 1.54) is 0 Å². The molecule has 2 nitrogen and oxygen atoms in total. The topological polar surface area (TPSA) is 35.2 Å². The number of nitrogens with two attached hydrogens (primary N) is 1. The Bertz CT molecular complexity index is 615. The molecule has 2 N–H and O–H groups in total. The Morgan fingerprint density at radius 2 is 1.65 bits per heavy atom. The molecule has 0 aliphatic carbocycles. The van der Waals surface area contributed by atoms with E-state index in [1.54, 1.807) is 12.1 Å². The zero-order chi connectivity index (χ0) is 14.9. The van der Waals surface area contributed by atoms with E-state index in [-0.39, 0.29) is 0 Å². The first kappa shape index (κ1) is 15.0. The second kappa shape index (κ2) is 5.94. The predicted molar refractivity (Wildman–Crippen MR) is 86.2 cm³/mol. The van der Waals surface area contributed by atoms with Crippen LogP contribution in [0.2, 0.25) is 10.0 Å². The van der Waals surface area contributed by atoms with Gasteiger partial charge in [-0.3, -0.25) is 0 Å². The van der Waals surface area contributed by atoms with Gasteiger partial charge in [-0.25, -0.2) is 0 Å². The van der Waals surface area contributed by atoms with Gasteiger partial charge in [-0.2, -0.15) is 0 Å². The van der Waals surface area contributed by atoms with Gasteiger partial charge in [0.15, 0.2) is 5.75 Å². The molecule has 0 aliphatic heterocycles. The second-order valence-corrected chi connectivity index (χ2v) is 5.93. The highest BCUT2D eigenvalue weighted by Gasteiger charge is 2.14. The highest BCUT2D eigenvalue weighted by molar-refractivity contribution is 6.37. The Labute approximate surface area is 129 Å². The van der Waals surface area contributed by atoms with Crippen molar-refractivity contribution in [2.24, 2.45) is 0 Å². The monoisotopic (exact) mass is 309 g/mol. The molecule has 20 heavy (non-hydrogen) atoms. The summed E-state index contributed by atoms with van der Waals surface area (Å²) in [5.41, 5.74) is 8.44. The Balaban J connectivity index is 2.47. The lowest BCUT2D eigenvalue weighted by molar-refractivity contribution is 0.473. The molecule has 0 saturated heterocycles. The number of hydrogen-bond donors (Lipinski definition) is 1. The average Bonchev–Trinajstić information content (AvgIpc) is 2.33. The minimum atomic E-state index is 0.344. The molecule has 0 unspecified atom stereocenters. The third-order valence-electron chi connectivity index (χ3n) is 3.02. The molecule has 106 valence electrons. The fourth-order valence-corrected chi connectivity index (χ4v) is 2.57. The van der Waals surface area contributed by atoms with Crippen LogP contribution in [0.3, 0.4) is 0 Å². The molecule has 0 radical (unpaired) electrons. The highest BCUT2D eigenvalue weighted by atomic mass is 35.5. The molecule has 0 heterocycles. The number of hydrogen-bond acceptors (Lipinski definition) is 2. The lowest BCUT2D eigenvalue weighted by Gasteiger charge is -2.16. The van der Waals surface area contributed by atoms with Crippen LogP contribution in [0.5, 0.6) is 11.5 Å². The molecule has 0 bridgehead atoms. The normalized spacial score (nSPS) is 10.9. The molecule has 2 aromatic carbocycles. The Kier molecular flexibility index (Phi) is 4.46. The van der Waals surface area contributed by atoms with Crippen molar-refractivity contribution in [1.29, 1.82) is 0 Å². The number of ether oxygens (including phenoxy) is 1. The van der Waals surface area contributed by atoms with Gasteiger partial charge < -0.3 is 10.5 Å². The van der Waals surface area contributed by atoms with Crippen molar-refractivity contribution in [3.63, 3.8) is 0 Å². The van der Waals surface area contributed by atoms with Crippen LogP contribution in [0.1, 0.15) is 30.9 Å². The van der Waals surface area contributed by atoms with E-state index >= 15 is 0 Å². The molecule has 0 amide bonds. The SMILES string of the molecule is Cc1ccc(C(C)C)c(Oc2c(Cl)cc(N)cc2Cl)c1. The summed E-state index contributed by atoms with van der Waals surface area (Å²) in [7, 11) is 0. The van der Waals surface area contributed by atoms with E-state index in [9.17, 15) is 0 Å². The minimum Gasteiger partial charge on any atom is -0.454 e. The van der Waals surface area contributed by atoms with Gasteiger partial charge in [0.25, 0.3) is 0 Å².